The summed E-state index contributed by atoms with van der Waals surface area (Å²) in [6, 6.07) is 0. The number of nitrogens with one attached hydrogen (secondary N) is 1. The number of rotatable bonds is 3. The highest BCUT2D eigenvalue weighted by Crippen LogP contribution is 2.11. The third kappa shape index (κ3) is 3.00. The highest BCUT2D eigenvalue weighted by Gasteiger charge is 2.11. The molecule has 1 rings (SSSR count). The molecule has 0 heterocycles. The number of methoxy groups -OCH3 is 1. The van der Waals surface area contributed by atoms with Gasteiger partial charge in [-0.1, -0.05) is 26.0 Å². The number of carbonyl (C=O) groups excluding carboxylic acids is 1. The van der Waals surface area contributed by atoms with Crippen LogP contribution in [0.4, 0.5) is 0 Å². The Labute approximate surface area is 84.8 Å². The zero-order valence-corrected chi connectivity index (χ0v) is 8.91. The van der Waals surface area contributed by atoms with E-state index in [2.05, 4.69) is 5.32 Å². The number of hydrogen-bond acceptors (Lipinski definition) is 2. The molecule has 78 valence electrons. The maximum Gasteiger partial charge on any atom is 0.226 e. The fourth-order valence-corrected chi connectivity index (χ4v) is 1.15. The first-order valence-electron chi connectivity index (χ1n) is 4.85. The summed E-state index contributed by atoms with van der Waals surface area (Å²) in [5.41, 5.74) is 0.872. The average Bonchev–Trinajstić information content (AvgIpc) is 2.19. The van der Waals surface area contributed by atoms with Gasteiger partial charge in [-0.15, -0.1) is 0 Å². The molecule has 0 aromatic rings. The third-order valence-electron chi connectivity index (χ3n) is 2.16. The smallest absolute Gasteiger partial charge is 0.226 e. The fraction of sp³-hybridized carbons (Fsp3) is 0.545. The van der Waals surface area contributed by atoms with Gasteiger partial charge in [0.2, 0.25) is 5.91 Å². The third-order valence-corrected chi connectivity index (χ3v) is 2.16. The predicted octanol–water partition coefficient (Wildman–Crippen LogP) is 1.62. The van der Waals surface area contributed by atoms with E-state index >= 15 is 0 Å². The minimum atomic E-state index is 0.0180. The van der Waals surface area contributed by atoms with Crippen LogP contribution in [0.2, 0.25) is 0 Å². The predicted molar refractivity (Wildman–Crippen MR) is 55.6 cm³/mol. The number of amides is 1. The lowest BCUT2D eigenvalue weighted by Crippen LogP contribution is -2.27. The highest BCUT2D eigenvalue weighted by molar-refractivity contribution is 5.80. The topological polar surface area (TPSA) is 38.3 Å². The van der Waals surface area contributed by atoms with Crippen LogP contribution in [-0.2, 0) is 9.53 Å². The Hall–Kier alpha value is -1.09. The van der Waals surface area contributed by atoms with E-state index in [9.17, 15) is 4.79 Å². The molecule has 3 nitrogen and oxygen atoms in total. The van der Waals surface area contributed by atoms with Crippen molar-refractivity contribution in [1.29, 1.82) is 0 Å². The van der Waals surface area contributed by atoms with E-state index in [-0.39, 0.29) is 17.9 Å². The highest BCUT2D eigenvalue weighted by atomic mass is 16.5. The Morgan fingerprint density at radius 2 is 2.36 bits per heavy atom. The molecule has 1 atom stereocenters. The Kier molecular flexibility index (Phi) is 3.89. The largest absolute Gasteiger partial charge is 0.377 e. The van der Waals surface area contributed by atoms with Crippen molar-refractivity contribution >= 4 is 5.91 Å². The number of hydrogen-bond donors (Lipinski definition) is 1. The van der Waals surface area contributed by atoms with Gasteiger partial charge in [0.25, 0.3) is 0 Å². The molecule has 0 saturated heterocycles. The van der Waals surface area contributed by atoms with Crippen molar-refractivity contribution in [2.75, 3.05) is 7.11 Å². The van der Waals surface area contributed by atoms with E-state index in [1.807, 2.05) is 32.1 Å². The van der Waals surface area contributed by atoms with Crippen molar-refractivity contribution in [3.05, 3.63) is 23.9 Å². The van der Waals surface area contributed by atoms with Crippen molar-refractivity contribution in [2.45, 2.75) is 26.4 Å². The summed E-state index contributed by atoms with van der Waals surface area (Å²) >= 11 is 0. The Morgan fingerprint density at radius 3 is 2.79 bits per heavy atom. The van der Waals surface area contributed by atoms with Gasteiger partial charge in [-0.3, -0.25) is 4.79 Å². The molecule has 0 aromatic heterocycles. The SMILES string of the molecule is COC1C=CC(NC(=O)C(C)C)=CC1. The van der Waals surface area contributed by atoms with Gasteiger partial charge in [0.15, 0.2) is 0 Å². The summed E-state index contributed by atoms with van der Waals surface area (Å²) in [4.78, 5) is 11.3. The van der Waals surface area contributed by atoms with E-state index in [4.69, 9.17) is 4.74 Å². The summed E-state index contributed by atoms with van der Waals surface area (Å²) in [6.07, 6.45) is 6.79. The van der Waals surface area contributed by atoms with Crippen LogP contribution in [0, 0.1) is 5.92 Å². The molecular weight excluding hydrogens is 178 g/mol. The van der Waals surface area contributed by atoms with Crippen LogP contribution in [0.5, 0.6) is 0 Å². The molecular formula is C11H17NO2. The molecule has 1 unspecified atom stereocenters. The molecule has 1 aliphatic rings. The molecule has 1 N–H and O–H groups in total. The second-order valence-electron chi connectivity index (χ2n) is 3.67. The first-order chi connectivity index (χ1) is 6.63. The van der Waals surface area contributed by atoms with Crippen LogP contribution >= 0.6 is 0 Å². The number of ether oxygens (including phenoxy) is 1. The lowest BCUT2D eigenvalue weighted by molar-refractivity contribution is -0.123. The van der Waals surface area contributed by atoms with Gasteiger partial charge in [0.1, 0.15) is 0 Å². The molecule has 14 heavy (non-hydrogen) atoms. The lowest BCUT2D eigenvalue weighted by atomic mass is 10.1. The van der Waals surface area contributed by atoms with Crippen molar-refractivity contribution < 1.29 is 9.53 Å². The normalized spacial score (nSPS) is 20.9. The first kappa shape index (κ1) is 11.0. The van der Waals surface area contributed by atoms with Crippen LogP contribution < -0.4 is 5.32 Å². The quantitative estimate of drug-likeness (QED) is 0.743. The molecule has 0 aliphatic heterocycles. The lowest BCUT2D eigenvalue weighted by Gasteiger charge is -2.15. The van der Waals surface area contributed by atoms with Crippen LogP contribution in [0.1, 0.15) is 20.3 Å². The molecule has 3 heteroatoms. The average molecular weight is 195 g/mol. The number of allylic oxidation sites excluding steroid dienone is 1. The minimum Gasteiger partial charge on any atom is -0.377 e. The molecule has 0 saturated carbocycles. The van der Waals surface area contributed by atoms with Crippen molar-refractivity contribution in [3.63, 3.8) is 0 Å². The molecule has 0 aromatic carbocycles. The van der Waals surface area contributed by atoms with Crippen LogP contribution in [-0.4, -0.2) is 19.1 Å². The van der Waals surface area contributed by atoms with E-state index < -0.39 is 0 Å². The van der Waals surface area contributed by atoms with Crippen molar-refractivity contribution in [3.8, 4) is 0 Å². The molecule has 0 bridgehead atoms. The standard InChI is InChI=1S/C11H17NO2/c1-8(2)11(13)12-9-4-6-10(14-3)7-5-9/h4-6,8,10H,7H2,1-3H3,(H,12,13). The molecule has 0 radical (unpaired) electrons. The van der Waals surface area contributed by atoms with Crippen molar-refractivity contribution in [2.24, 2.45) is 5.92 Å². The Bertz CT molecular complexity index is 266. The van der Waals surface area contributed by atoms with Gasteiger partial charge in [-0.25, -0.2) is 0 Å². The van der Waals surface area contributed by atoms with Crippen LogP contribution in [0.25, 0.3) is 0 Å². The van der Waals surface area contributed by atoms with E-state index in [1.54, 1.807) is 7.11 Å². The summed E-state index contributed by atoms with van der Waals surface area (Å²) < 4.78 is 5.15. The Morgan fingerprint density at radius 1 is 1.64 bits per heavy atom. The fourth-order valence-electron chi connectivity index (χ4n) is 1.15. The summed E-state index contributed by atoms with van der Waals surface area (Å²) in [5, 5.41) is 2.84. The van der Waals surface area contributed by atoms with Gasteiger partial charge < -0.3 is 10.1 Å². The molecule has 1 amide bonds. The monoisotopic (exact) mass is 195 g/mol. The van der Waals surface area contributed by atoms with E-state index in [1.165, 1.54) is 0 Å². The van der Waals surface area contributed by atoms with Crippen LogP contribution in [0.15, 0.2) is 23.9 Å². The van der Waals surface area contributed by atoms with Gasteiger partial charge >= 0.3 is 0 Å². The zero-order chi connectivity index (χ0) is 10.6. The molecule has 1 aliphatic carbocycles. The molecule has 0 fully saturated rings. The second-order valence-corrected chi connectivity index (χ2v) is 3.67. The number of carbonyl (C=O) groups is 1. The maximum absolute atomic E-state index is 11.3. The minimum absolute atomic E-state index is 0.0180. The van der Waals surface area contributed by atoms with Crippen LogP contribution in [0.3, 0.4) is 0 Å². The summed E-state index contributed by atoms with van der Waals surface area (Å²) in [6.45, 7) is 3.75. The van der Waals surface area contributed by atoms with Gasteiger partial charge in [0, 0.05) is 18.7 Å². The molecule has 0 spiro atoms. The first-order valence-corrected chi connectivity index (χ1v) is 4.85. The van der Waals surface area contributed by atoms with Crippen molar-refractivity contribution in [1.82, 2.24) is 5.32 Å². The van der Waals surface area contributed by atoms with Gasteiger partial charge in [-0.2, -0.15) is 0 Å². The zero-order valence-electron chi connectivity index (χ0n) is 8.91. The maximum atomic E-state index is 11.3. The Balaban J connectivity index is 2.46. The van der Waals surface area contributed by atoms with Gasteiger partial charge in [-0.05, 0) is 12.5 Å². The van der Waals surface area contributed by atoms with Gasteiger partial charge in [0.05, 0.1) is 6.10 Å². The van der Waals surface area contributed by atoms with E-state index in [0.29, 0.717) is 0 Å². The van der Waals surface area contributed by atoms with E-state index in [0.717, 1.165) is 12.1 Å². The summed E-state index contributed by atoms with van der Waals surface area (Å²) in [5.74, 6) is 0.0706. The second kappa shape index (κ2) is 4.96. The summed E-state index contributed by atoms with van der Waals surface area (Å²) in [7, 11) is 1.68.